The van der Waals surface area contributed by atoms with Gasteiger partial charge in [0, 0.05) is 17.1 Å². The van der Waals surface area contributed by atoms with Crippen LogP contribution >= 0.6 is 0 Å². The molecule has 0 aliphatic heterocycles. The summed E-state index contributed by atoms with van der Waals surface area (Å²) in [6.07, 6.45) is 3.59. The Morgan fingerprint density at radius 1 is 1.17 bits per heavy atom. The molecule has 0 bridgehead atoms. The number of hydrogen-bond donors (Lipinski definition) is 2. The van der Waals surface area contributed by atoms with Crippen molar-refractivity contribution < 1.29 is 13.9 Å². The van der Waals surface area contributed by atoms with Crippen molar-refractivity contribution in [2.75, 3.05) is 12.4 Å². The lowest BCUT2D eigenvalue weighted by molar-refractivity contribution is 0.0998. The zero-order valence-corrected chi connectivity index (χ0v) is 17.9. The number of ether oxygens (including phenoxy) is 1. The molecule has 1 amide bonds. The van der Waals surface area contributed by atoms with Gasteiger partial charge in [0.15, 0.2) is 17.1 Å². The Morgan fingerprint density at radius 3 is 2.67 bits per heavy atom. The van der Waals surface area contributed by atoms with Crippen LogP contribution in [0.4, 0.5) is 5.69 Å². The summed E-state index contributed by atoms with van der Waals surface area (Å²) in [5.41, 5.74) is 9.11. The standard InChI is InChI=1S/C25H30N2O3/c1-15-8-7-11-18(16(15)2)23(26)19-12-13-21(29-3)24-20(19)14-22(30-24)25(28)27-17-9-5-4-6-10-17/h4-6,9-10,12-16,18,23H,7-8,11,26H2,1-3H3,(H,27,28). The van der Waals surface area contributed by atoms with Crippen LogP contribution in [0.2, 0.25) is 0 Å². The molecule has 1 heterocycles. The molecule has 1 aromatic heterocycles. The molecule has 3 N–H and O–H groups in total. The van der Waals surface area contributed by atoms with Crippen LogP contribution in [0.3, 0.4) is 0 Å². The van der Waals surface area contributed by atoms with Gasteiger partial charge in [0.1, 0.15) is 0 Å². The van der Waals surface area contributed by atoms with Crippen molar-refractivity contribution in [3.63, 3.8) is 0 Å². The van der Waals surface area contributed by atoms with Crippen LogP contribution in [-0.4, -0.2) is 13.0 Å². The fourth-order valence-corrected chi connectivity index (χ4v) is 4.76. The summed E-state index contributed by atoms with van der Waals surface area (Å²) in [7, 11) is 1.60. The maximum absolute atomic E-state index is 12.8. The van der Waals surface area contributed by atoms with Gasteiger partial charge in [-0.1, -0.05) is 51.0 Å². The summed E-state index contributed by atoms with van der Waals surface area (Å²) in [5, 5.41) is 3.73. The summed E-state index contributed by atoms with van der Waals surface area (Å²) in [6, 6.07) is 14.9. The zero-order valence-electron chi connectivity index (χ0n) is 17.9. The fourth-order valence-electron chi connectivity index (χ4n) is 4.76. The molecule has 158 valence electrons. The zero-order chi connectivity index (χ0) is 21.3. The predicted molar refractivity (Wildman–Crippen MR) is 120 cm³/mol. The first-order valence-electron chi connectivity index (χ1n) is 10.7. The first kappa shape index (κ1) is 20.5. The summed E-state index contributed by atoms with van der Waals surface area (Å²) >= 11 is 0. The summed E-state index contributed by atoms with van der Waals surface area (Å²) in [5.74, 6) is 2.18. The third kappa shape index (κ3) is 3.82. The molecule has 0 radical (unpaired) electrons. The molecule has 3 aromatic rings. The second-order valence-electron chi connectivity index (χ2n) is 8.49. The van der Waals surface area contributed by atoms with Gasteiger partial charge in [-0.25, -0.2) is 0 Å². The Hall–Kier alpha value is -2.79. The third-order valence-electron chi connectivity index (χ3n) is 6.75. The molecule has 1 saturated carbocycles. The van der Waals surface area contributed by atoms with Crippen LogP contribution in [0.15, 0.2) is 52.9 Å². The van der Waals surface area contributed by atoms with Crippen molar-refractivity contribution in [1.29, 1.82) is 0 Å². The molecule has 4 unspecified atom stereocenters. The molecular weight excluding hydrogens is 376 g/mol. The molecule has 2 aromatic carbocycles. The van der Waals surface area contributed by atoms with E-state index in [0.29, 0.717) is 29.1 Å². The fraction of sp³-hybridized carbons (Fsp3) is 0.400. The van der Waals surface area contributed by atoms with Crippen LogP contribution in [-0.2, 0) is 0 Å². The van der Waals surface area contributed by atoms with Gasteiger partial charge in [-0.05, 0) is 54.0 Å². The van der Waals surface area contributed by atoms with Crippen LogP contribution in [0.1, 0.15) is 55.3 Å². The van der Waals surface area contributed by atoms with Crippen molar-refractivity contribution in [3.05, 3.63) is 59.9 Å². The highest BCUT2D eigenvalue weighted by molar-refractivity contribution is 6.05. The molecule has 4 atom stereocenters. The van der Waals surface area contributed by atoms with E-state index in [1.54, 1.807) is 13.2 Å². The molecule has 0 saturated heterocycles. The van der Waals surface area contributed by atoms with E-state index < -0.39 is 0 Å². The Balaban J connectivity index is 1.70. The third-order valence-corrected chi connectivity index (χ3v) is 6.75. The first-order valence-corrected chi connectivity index (χ1v) is 10.7. The van der Waals surface area contributed by atoms with Gasteiger partial charge in [-0.15, -0.1) is 0 Å². The second kappa shape index (κ2) is 8.52. The van der Waals surface area contributed by atoms with Gasteiger partial charge in [-0.2, -0.15) is 0 Å². The van der Waals surface area contributed by atoms with Gasteiger partial charge in [0.05, 0.1) is 7.11 Å². The maximum atomic E-state index is 12.8. The number of methoxy groups -OCH3 is 1. The van der Waals surface area contributed by atoms with E-state index in [1.807, 2.05) is 42.5 Å². The molecule has 5 nitrogen and oxygen atoms in total. The Bertz CT molecular complexity index is 1030. The average Bonchev–Trinajstić information content (AvgIpc) is 3.21. The minimum absolute atomic E-state index is 0.112. The van der Waals surface area contributed by atoms with E-state index in [4.69, 9.17) is 14.9 Å². The molecule has 4 rings (SSSR count). The minimum atomic E-state index is -0.293. The van der Waals surface area contributed by atoms with Crippen molar-refractivity contribution in [2.24, 2.45) is 23.5 Å². The average molecular weight is 407 g/mol. The number of anilines is 1. The molecule has 5 heteroatoms. The van der Waals surface area contributed by atoms with Crippen molar-refractivity contribution in [3.8, 4) is 5.75 Å². The Morgan fingerprint density at radius 2 is 1.93 bits per heavy atom. The molecule has 30 heavy (non-hydrogen) atoms. The molecule has 1 aliphatic rings. The summed E-state index contributed by atoms with van der Waals surface area (Å²) < 4.78 is 11.4. The van der Waals surface area contributed by atoms with Gasteiger partial charge in [-0.3, -0.25) is 4.79 Å². The molecule has 1 fully saturated rings. The van der Waals surface area contributed by atoms with E-state index in [9.17, 15) is 4.79 Å². The van der Waals surface area contributed by atoms with Gasteiger partial charge in [0.2, 0.25) is 0 Å². The van der Waals surface area contributed by atoms with Crippen molar-refractivity contribution in [2.45, 2.75) is 39.2 Å². The highest BCUT2D eigenvalue weighted by Gasteiger charge is 2.33. The Kier molecular flexibility index (Phi) is 5.82. The van der Waals surface area contributed by atoms with E-state index in [1.165, 1.54) is 12.8 Å². The number of carbonyl (C=O) groups is 1. The minimum Gasteiger partial charge on any atom is -0.493 e. The quantitative estimate of drug-likeness (QED) is 0.564. The smallest absolute Gasteiger partial charge is 0.291 e. The van der Waals surface area contributed by atoms with E-state index >= 15 is 0 Å². The number of rotatable bonds is 5. The van der Waals surface area contributed by atoms with E-state index in [0.717, 1.165) is 23.1 Å². The molecule has 1 aliphatic carbocycles. The maximum Gasteiger partial charge on any atom is 0.291 e. The lowest BCUT2D eigenvalue weighted by atomic mass is 9.69. The number of benzene rings is 2. The SMILES string of the molecule is COc1ccc(C(N)C2CCCC(C)C2C)c2cc(C(=O)Nc3ccccc3)oc12. The van der Waals surface area contributed by atoms with Crippen molar-refractivity contribution >= 4 is 22.6 Å². The number of para-hydroxylation sites is 1. The van der Waals surface area contributed by atoms with Crippen molar-refractivity contribution in [1.82, 2.24) is 0 Å². The number of hydrogen-bond acceptors (Lipinski definition) is 4. The summed E-state index contributed by atoms with van der Waals surface area (Å²) in [6.45, 7) is 4.63. The first-order chi connectivity index (χ1) is 14.5. The normalized spacial score (nSPS) is 22.6. The van der Waals surface area contributed by atoms with Crippen LogP contribution in [0.5, 0.6) is 5.75 Å². The number of nitrogens with two attached hydrogens (primary N) is 1. The van der Waals surface area contributed by atoms with Gasteiger partial charge < -0.3 is 20.2 Å². The topological polar surface area (TPSA) is 77.5 Å². The largest absolute Gasteiger partial charge is 0.493 e. The second-order valence-corrected chi connectivity index (χ2v) is 8.49. The number of fused-ring (bicyclic) bond motifs is 1. The summed E-state index contributed by atoms with van der Waals surface area (Å²) in [4.78, 5) is 12.8. The monoisotopic (exact) mass is 406 g/mol. The van der Waals surface area contributed by atoms with E-state index in [2.05, 4.69) is 19.2 Å². The highest BCUT2D eigenvalue weighted by atomic mass is 16.5. The molecular formula is C25H30N2O3. The lowest BCUT2D eigenvalue weighted by Crippen LogP contribution is -2.33. The predicted octanol–water partition coefficient (Wildman–Crippen LogP) is 5.77. The van der Waals surface area contributed by atoms with Crippen LogP contribution < -0.4 is 15.8 Å². The molecule has 0 spiro atoms. The van der Waals surface area contributed by atoms with Gasteiger partial charge >= 0.3 is 0 Å². The number of nitrogens with one attached hydrogen (secondary N) is 1. The number of amides is 1. The highest BCUT2D eigenvalue weighted by Crippen LogP contribution is 2.43. The lowest BCUT2D eigenvalue weighted by Gasteiger charge is -2.38. The number of furan rings is 1. The van der Waals surface area contributed by atoms with Gasteiger partial charge in [0.25, 0.3) is 5.91 Å². The van der Waals surface area contributed by atoms with E-state index in [-0.39, 0.29) is 17.7 Å². The van der Waals surface area contributed by atoms with Crippen LogP contribution in [0, 0.1) is 17.8 Å². The van der Waals surface area contributed by atoms with Crippen LogP contribution in [0.25, 0.3) is 11.0 Å². The number of carbonyl (C=O) groups excluding carboxylic acids is 1. The Labute approximate surface area is 177 Å².